The molecule has 0 radical (unpaired) electrons. The highest BCUT2D eigenvalue weighted by molar-refractivity contribution is 7.16. The average molecular weight is 411 g/mol. The smallest absolute Gasteiger partial charge is 0.340 e. The van der Waals surface area contributed by atoms with Gasteiger partial charge >= 0.3 is 4.87 Å². The van der Waals surface area contributed by atoms with Gasteiger partial charge in [-0.15, -0.1) is 14.9 Å². The minimum atomic E-state index is -0.155. The third-order valence-corrected chi connectivity index (χ3v) is 5.43. The summed E-state index contributed by atoms with van der Waals surface area (Å²) in [6.07, 6.45) is 1.82. The first kappa shape index (κ1) is 18.8. The van der Waals surface area contributed by atoms with Gasteiger partial charge in [-0.3, -0.25) is 9.59 Å². The van der Waals surface area contributed by atoms with Crippen LogP contribution in [0.5, 0.6) is 0 Å². The summed E-state index contributed by atoms with van der Waals surface area (Å²) in [5.74, 6) is 0.575. The summed E-state index contributed by atoms with van der Waals surface area (Å²) in [7, 11) is 1.47. The zero-order chi connectivity index (χ0) is 20.4. The molecule has 0 aliphatic heterocycles. The molecule has 4 rings (SSSR count). The number of fused-ring (bicyclic) bond motifs is 1. The Balaban J connectivity index is 1.58. The van der Waals surface area contributed by atoms with Gasteiger partial charge in [-0.1, -0.05) is 24.3 Å². The Kier molecular flexibility index (Phi) is 5.09. The highest BCUT2D eigenvalue weighted by Gasteiger charge is 2.15. The Bertz CT molecular complexity index is 1210. The molecule has 0 aliphatic carbocycles. The second kappa shape index (κ2) is 7.84. The Labute approximate surface area is 169 Å². The lowest BCUT2D eigenvalue weighted by molar-refractivity contribution is -0.129. The molecule has 4 aromatic rings. The van der Waals surface area contributed by atoms with Crippen LogP contribution < -0.4 is 9.71 Å². The van der Waals surface area contributed by atoms with Gasteiger partial charge in [-0.25, -0.2) is 4.68 Å². The van der Waals surface area contributed by atoms with Crippen molar-refractivity contribution in [3.05, 3.63) is 69.2 Å². The van der Waals surface area contributed by atoms with Gasteiger partial charge in [0, 0.05) is 12.1 Å². The SMILES string of the molecule is COn1c(=O)sc2cc(C(C)c3ccn(-c4ccc(COC=O)nn4)n3)ccc21. The minimum Gasteiger partial charge on any atom is -0.461 e. The average Bonchev–Trinajstić information content (AvgIpc) is 3.35. The second-order valence-corrected chi connectivity index (χ2v) is 7.26. The van der Waals surface area contributed by atoms with Gasteiger partial charge in [0.15, 0.2) is 5.82 Å². The van der Waals surface area contributed by atoms with E-state index in [1.165, 1.54) is 11.8 Å². The minimum absolute atomic E-state index is 0.0158. The quantitative estimate of drug-likeness (QED) is 0.428. The maximum atomic E-state index is 12.0. The van der Waals surface area contributed by atoms with Crippen LogP contribution >= 0.6 is 11.3 Å². The van der Waals surface area contributed by atoms with Crippen LogP contribution in [-0.2, 0) is 16.1 Å². The summed E-state index contributed by atoms with van der Waals surface area (Å²) < 4.78 is 8.45. The van der Waals surface area contributed by atoms with Crippen molar-refractivity contribution in [2.45, 2.75) is 19.4 Å². The molecule has 0 saturated carbocycles. The van der Waals surface area contributed by atoms with E-state index in [1.807, 2.05) is 30.5 Å². The molecule has 1 atom stereocenters. The van der Waals surface area contributed by atoms with Crippen LogP contribution in [0.4, 0.5) is 0 Å². The van der Waals surface area contributed by atoms with E-state index in [-0.39, 0.29) is 17.4 Å². The molecule has 1 unspecified atom stereocenters. The van der Waals surface area contributed by atoms with E-state index in [2.05, 4.69) is 27.0 Å². The lowest BCUT2D eigenvalue weighted by atomic mass is 9.98. The molecule has 0 amide bonds. The maximum Gasteiger partial charge on any atom is 0.340 e. The summed E-state index contributed by atoms with van der Waals surface area (Å²) in [6, 6.07) is 11.2. The number of carbonyl (C=O) groups excluding carboxylic acids is 1. The summed E-state index contributed by atoms with van der Waals surface area (Å²) >= 11 is 1.15. The van der Waals surface area contributed by atoms with E-state index in [9.17, 15) is 9.59 Å². The van der Waals surface area contributed by atoms with Crippen LogP contribution in [0, 0.1) is 0 Å². The van der Waals surface area contributed by atoms with Crippen molar-refractivity contribution >= 4 is 28.0 Å². The van der Waals surface area contributed by atoms with E-state index in [0.29, 0.717) is 18.0 Å². The highest BCUT2D eigenvalue weighted by Crippen LogP contribution is 2.27. The van der Waals surface area contributed by atoms with Gasteiger partial charge in [0.2, 0.25) is 0 Å². The third kappa shape index (κ3) is 3.61. The predicted molar refractivity (Wildman–Crippen MR) is 106 cm³/mol. The highest BCUT2D eigenvalue weighted by atomic mass is 32.1. The fraction of sp³-hybridized carbons (Fsp3) is 0.211. The molecule has 0 N–H and O–H groups in total. The van der Waals surface area contributed by atoms with E-state index in [4.69, 9.17) is 4.84 Å². The summed E-state index contributed by atoms with van der Waals surface area (Å²) in [6.45, 7) is 2.50. The fourth-order valence-electron chi connectivity index (χ4n) is 3.00. The van der Waals surface area contributed by atoms with E-state index in [0.717, 1.165) is 32.8 Å². The van der Waals surface area contributed by atoms with E-state index >= 15 is 0 Å². The molecule has 0 spiro atoms. The normalized spacial score (nSPS) is 12.1. The van der Waals surface area contributed by atoms with Crippen molar-refractivity contribution in [1.82, 2.24) is 24.7 Å². The molecular weight excluding hydrogens is 394 g/mol. The first-order valence-corrected chi connectivity index (χ1v) is 9.56. The molecule has 9 nitrogen and oxygen atoms in total. The second-order valence-electron chi connectivity index (χ2n) is 6.27. The van der Waals surface area contributed by atoms with E-state index in [1.54, 1.807) is 16.8 Å². The van der Waals surface area contributed by atoms with Gasteiger partial charge in [-0.2, -0.15) is 5.10 Å². The number of carbonyl (C=O) groups is 1. The van der Waals surface area contributed by atoms with Gasteiger partial charge in [0.1, 0.15) is 24.9 Å². The van der Waals surface area contributed by atoms with Crippen molar-refractivity contribution in [2.75, 3.05) is 7.11 Å². The molecule has 0 fully saturated rings. The molecule has 0 aliphatic rings. The van der Waals surface area contributed by atoms with Crippen LogP contribution in [0.15, 0.2) is 47.4 Å². The summed E-state index contributed by atoms with van der Waals surface area (Å²) in [5, 5.41) is 12.7. The molecule has 0 saturated heterocycles. The van der Waals surface area contributed by atoms with Crippen molar-refractivity contribution in [3.63, 3.8) is 0 Å². The van der Waals surface area contributed by atoms with Gasteiger partial charge in [-0.05, 0) is 35.9 Å². The molecule has 148 valence electrons. The Hall–Kier alpha value is -3.53. The fourth-order valence-corrected chi connectivity index (χ4v) is 3.89. The molecule has 3 aromatic heterocycles. The van der Waals surface area contributed by atoms with Crippen LogP contribution in [-0.4, -0.2) is 38.3 Å². The topological polar surface area (TPSA) is 101 Å². The number of hydrogen-bond acceptors (Lipinski definition) is 8. The molecule has 3 heterocycles. The van der Waals surface area contributed by atoms with Crippen LogP contribution in [0.2, 0.25) is 0 Å². The third-order valence-electron chi connectivity index (χ3n) is 4.54. The molecule has 1 aromatic carbocycles. The van der Waals surface area contributed by atoms with Crippen molar-refractivity contribution < 1.29 is 14.4 Å². The number of thiazole rings is 1. The maximum absolute atomic E-state index is 12.0. The van der Waals surface area contributed by atoms with Crippen LogP contribution in [0.25, 0.3) is 16.0 Å². The Morgan fingerprint density at radius 2 is 2.07 bits per heavy atom. The largest absolute Gasteiger partial charge is 0.461 e. The first-order chi connectivity index (χ1) is 14.1. The Morgan fingerprint density at radius 3 is 2.79 bits per heavy atom. The number of ether oxygens (including phenoxy) is 1. The van der Waals surface area contributed by atoms with Gasteiger partial charge in [0.05, 0.1) is 10.4 Å². The summed E-state index contributed by atoms with van der Waals surface area (Å²) in [4.78, 5) is 27.2. The predicted octanol–water partition coefficient (Wildman–Crippen LogP) is 1.92. The van der Waals surface area contributed by atoms with Crippen molar-refractivity contribution in [2.24, 2.45) is 0 Å². The lowest BCUT2D eigenvalue weighted by Gasteiger charge is -2.09. The van der Waals surface area contributed by atoms with Gasteiger partial charge in [0.25, 0.3) is 6.47 Å². The number of rotatable bonds is 7. The summed E-state index contributed by atoms with van der Waals surface area (Å²) in [5.41, 5.74) is 3.20. The van der Waals surface area contributed by atoms with Crippen molar-refractivity contribution in [3.8, 4) is 5.82 Å². The first-order valence-electron chi connectivity index (χ1n) is 8.74. The van der Waals surface area contributed by atoms with E-state index < -0.39 is 0 Å². The van der Waals surface area contributed by atoms with Crippen LogP contribution in [0.3, 0.4) is 0 Å². The zero-order valence-electron chi connectivity index (χ0n) is 15.7. The van der Waals surface area contributed by atoms with Crippen molar-refractivity contribution in [1.29, 1.82) is 0 Å². The molecular formula is C19H17N5O4S. The Morgan fingerprint density at radius 1 is 1.21 bits per heavy atom. The number of hydrogen-bond donors (Lipinski definition) is 0. The zero-order valence-corrected chi connectivity index (χ0v) is 16.5. The molecule has 10 heteroatoms. The number of benzene rings is 1. The number of aromatic nitrogens is 5. The monoisotopic (exact) mass is 411 g/mol. The van der Waals surface area contributed by atoms with Gasteiger partial charge < -0.3 is 9.57 Å². The lowest BCUT2D eigenvalue weighted by Crippen LogP contribution is -2.18. The molecule has 0 bridgehead atoms. The molecule has 29 heavy (non-hydrogen) atoms. The van der Waals surface area contributed by atoms with Crippen LogP contribution in [0.1, 0.15) is 29.8 Å². The standard InChI is InChI=1S/C19H17N5O4S/c1-12(13-3-5-16-17(9-13)29-19(26)24(16)27-2)15-7-8-23(22-15)18-6-4-14(20-21-18)10-28-11-25/h3-9,11-12H,10H2,1-2H3. The number of nitrogens with zero attached hydrogens (tertiary/aromatic N) is 5.